The number of aryl methyl sites for hydroxylation is 2. The van der Waals surface area contributed by atoms with E-state index in [1.807, 2.05) is 13.0 Å². The summed E-state index contributed by atoms with van der Waals surface area (Å²) in [6, 6.07) is 13.3. The zero-order chi connectivity index (χ0) is 23.0. The molecule has 1 amide bonds. The van der Waals surface area contributed by atoms with Gasteiger partial charge in [-0.05, 0) is 70.5 Å². The Morgan fingerprint density at radius 3 is 2.42 bits per heavy atom. The van der Waals surface area contributed by atoms with Gasteiger partial charge in [0.05, 0.1) is 16.3 Å². The second-order valence-corrected chi connectivity index (χ2v) is 10.5. The summed E-state index contributed by atoms with van der Waals surface area (Å²) in [6.07, 6.45) is 0. The summed E-state index contributed by atoms with van der Waals surface area (Å²) < 4.78 is 29.6. The summed E-state index contributed by atoms with van der Waals surface area (Å²) >= 11 is 6.09. The highest BCUT2D eigenvalue weighted by molar-refractivity contribution is 7.89. The Labute approximate surface area is 187 Å². The molecule has 0 fully saturated rings. The molecule has 0 unspecified atom stereocenters. The number of hydrogen-bond acceptors (Lipinski definition) is 4. The average Bonchev–Trinajstić information content (AvgIpc) is 3.00. The molecule has 7 nitrogen and oxygen atoms in total. The number of halogens is 1. The number of rotatable bonds is 5. The molecule has 0 spiro atoms. The number of nitrogens with zero attached hydrogens (tertiary/aromatic N) is 2. The molecule has 0 saturated carbocycles. The molecule has 1 heterocycles. The van der Waals surface area contributed by atoms with Crippen LogP contribution in [0.2, 0.25) is 5.02 Å². The van der Waals surface area contributed by atoms with E-state index in [-0.39, 0.29) is 10.5 Å². The van der Waals surface area contributed by atoms with Crippen LogP contribution in [0.4, 0.5) is 5.82 Å². The Bertz CT molecular complexity index is 1240. The zero-order valence-corrected chi connectivity index (χ0v) is 19.6. The minimum absolute atomic E-state index is 0.0257. The molecule has 3 rings (SSSR count). The summed E-state index contributed by atoms with van der Waals surface area (Å²) in [6.45, 7) is 8.83. The van der Waals surface area contributed by atoms with Gasteiger partial charge in [0.2, 0.25) is 10.0 Å². The minimum Gasteiger partial charge on any atom is -0.306 e. The van der Waals surface area contributed by atoms with Crippen molar-refractivity contribution in [2.75, 3.05) is 5.32 Å². The summed E-state index contributed by atoms with van der Waals surface area (Å²) in [4.78, 5) is 13.1. The molecule has 0 aliphatic heterocycles. The van der Waals surface area contributed by atoms with E-state index in [9.17, 15) is 13.2 Å². The van der Waals surface area contributed by atoms with Crippen LogP contribution in [0.15, 0.2) is 53.4 Å². The Hall–Kier alpha value is -2.68. The summed E-state index contributed by atoms with van der Waals surface area (Å²) in [5, 5.41) is 7.81. The van der Waals surface area contributed by atoms with Crippen LogP contribution in [0.3, 0.4) is 0 Å². The van der Waals surface area contributed by atoms with Crippen molar-refractivity contribution in [3.05, 3.63) is 70.4 Å². The normalized spacial score (nSPS) is 12.1. The number of carbonyl (C=O) groups is 1. The quantitative estimate of drug-likeness (QED) is 0.587. The SMILES string of the molecule is Cc1cc(NC(=O)c2cc(S(=O)(=O)NC(C)(C)C)ccc2C)n(-c2cccc(Cl)c2)n1. The predicted octanol–water partition coefficient (Wildman–Crippen LogP) is 4.47. The molecule has 0 radical (unpaired) electrons. The van der Waals surface area contributed by atoms with E-state index in [0.29, 0.717) is 27.8 Å². The number of hydrogen-bond donors (Lipinski definition) is 2. The van der Waals surface area contributed by atoms with E-state index in [1.54, 1.807) is 62.7 Å². The third kappa shape index (κ3) is 5.52. The Kier molecular flexibility index (Phi) is 6.27. The number of aromatic nitrogens is 2. The highest BCUT2D eigenvalue weighted by Crippen LogP contribution is 2.23. The molecule has 31 heavy (non-hydrogen) atoms. The van der Waals surface area contributed by atoms with E-state index < -0.39 is 21.5 Å². The summed E-state index contributed by atoms with van der Waals surface area (Å²) in [5.41, 5.74) is 1.66. The lowest BCUT2D eigenvalue weighted by molar-refractivity contribution is 0.102. The van der Waals surface area contributed by atoms with Gasteiger partial charge in [0.1, 0.15) is 5.82 Å². The number of anilines is 1. The Balaban J connectivity index is 1.95. The van der Waals surface area contributed by atoms with Crippen LogP contribution in [0, 0.1) is 13.8 Å². The van der Waals surface area contributed by atoms with E-state index in [4.69, 9.17) is 11.6 Å². The van der Waals surface area contributed by atoms with Gasteiger partial charge in [0.15, 0.2) is 0 Å². The van der Waals surface area contributed by atoms with E-state index >= 15 is 0 Å². The maximum absolute atomic E-state index is 13.1. The van der Waals surface area contributed by atoms with Crippen molar-refractivity contribution in [3.63, 3.8) is 0 Å². The largest absolute Gasteiger partial charge is 0.306 e. The minimum atomic E-state index is -3.78. The molecule has 0 aliphatic carbocycles. The van der Waals surface area contributed by atoms with Crippen molar-refractivity contribution in [1.82, 2.24) is 14.5 Å². The predicted molar refractivity (Wildman–Crippen MR) is 123 cm³/mol. The lowest BCUT2D eigenvalue weighted by atomic mass is 10.1. The van der Waals surface area contributed by atoms with Crippen LogP contribution in [0.1, 0.15) is 42.4 Å². The van der Waals surface area contributed by atoms with Crippen molar-refractivity contribution in [2.24, 2.45) is 0 Å². The highest BCUT2D eigenvalue weighted by atomic mass is 35.5. The third-order valence-corrected chi connectivity index (χ3v) is 6.32. The molecular weight excluding hydrogens is 436 g/mol. The molecular formula is C22H25ClN4O3S. The monoisotopic (exact) mass is 460 g/mol. The average molecular weight is 461 g/mol. The molecule has 1 aromatic heterocycles. The fourth-order valence-electron chi connectivity index (χ4n) is 3.05. The lowest BCUT2D eigenvalue weighted by Crippen LogP contribution is -2.40. The third-order valence-electron chi connectivity index (χ3n) is 4.33. The van der Waals surface area contributed by atoms with E-state index in [0.717, 1.165) is 0 Å². The first-order valence-electron chi connectivity index (χ1n) is 9.64. The first-order chi connectivity index (χ1) is 14.4. The van der Waals surface area contributed by atoms with E-state index in [1.165, 1.54) is 12.1 Å². The van der Waals surface area contributed by atoms with Gasteiger partial charge in [0, 0.05) is 22.2 Å². The fraction of sp³-hybridized carbons (Fsp3) is 0.273. The molecule has 0 bridgehead atoms. The Morgan fingerprint density at radius 1 is 1.06 bits per heavy atom. The second-order valence-electron chi connectivity index (χ2n) is 8.35. The van der Waals surface area contributed by atoms with Gasteiger partial charge in [-0.3, -0.25) is 4.79 Å². The molecule has 0 aliphatic rings. The number of amides is 1. The standard InChI is InChI=1S/C22H25ClN4O3S/c1-14-9-10-18(31(29,30)26-22(3,4)5)13-19(14)21(28)24-20-11-15(2)25-27(20)17-8-6-7-16(23)12-17/h6-13,26H,1-5H3,(H,24,28). The topological polar surface area (TPSA) is 93.1 Å². The van der Waals surface area contributed by atoms with E-state index in [2.05, 4.69) is 15.1 Å². The van der Waals surface area contributed by atoms with Crippen LogP contribution in [0.25, 0.3) is 5.69 Å². The van der Waals surface area contributed by atoms with Crippen LogP contribution in [0.5, 0.6) is 0 Å². The Morgan fingerprint density at radius 2 is 1.77 bits per heavy atom. The van der Waals surface area contributed by atoms with Crippen molar-refractivity contribution in [1.29, 1.82) is 0 Å². The van der Waals surface area contributed by atoms with Gasteiger partial charge in [-0.15, -0.1) is 0 Å². The second kappa shape index (κ2) is 8.45. The molecule has 164 valence electrons. The fourth-order valence-corrected chi connectivity index (χ4v) is 4.68. The zero-order valence-electron chi connectivity index (χ0n) is 18.0. The maximum Gasteiger partial charge on any atom is 0.257 e. The lowest BCUT2D eigenvalue weighted by Gasteiger charge is -2.20. The van der Waals surface area contributed by atoms with Crippen LogP contribution >= 0.6 is 11.6 Å². The van der Waals surface area contributed by atoms with Crippen molar-refractivity contribution >= 4 is 33.3 Å². The molecule has 9 heteroatoms. The van der Waals surface area contributed by atoms with Gasteiger partial charge in [-0.1, -0.05) is 23.7 Å². The van der Waals surface area contributed by atoms with Crippen LogP contribution < -0.4 is 10.0 Å². The number of sulfonamides is 1. The van der Waals surface area contributed by atoms with Gasteiger partial charge >= 0.3 is 0 Å². The van der Waals surface area contributed by atoms with Gasteiger partial charge in [0.25, 0.3) is 5.91 Å². The number of benzene rings is 2. The van der Waals surface area contributed by atoms with Gasteiger partial charge in [-0.2, -0.15) is 5.10 Å². The van der Waals surface area contributed by atoms with Crippen LogP contribution in [-0.2, 0) is 10.0 Å². The van der Waals surface area contributed by atoms with Crippen molar-refractivity contribution in [3.8, 4) is 5.69 Å². The molecule has 0 saturated heterocycles. The first kappa shape index (κ1) is 23.0. The summed E-state index contributed by atoms with van der Waals surface area (Å²) in [5.74, 6) is 0.0127. The van der Waals surface area contributed by atoms with Crippen molar-refractivity contribution < 1.29 is 13.2 Å². The van der Waals surface area contributed by atoms with Crippen molar-refractivity contribution in [2.45, 2.75) is 45.1 Å². The molecule has 0 atom stereocenters. The van der Waals surface area contributed by atoms with Gasteiger partial charge < -0.3 is 5.32 Å². The maximum atomic E-state index is 13.1. The molecule has 2 aromatic carbocycles. The number of nitrogens with one attached hydrogen (secondary N) is 2. The molecule has 3 aromatic rings. The highest BCUT2D eigenvalue weighted by Gasteiger charge is 2.24. The van der Waals surface area contributed by atoms with Gasteiger partial charge in [-0.25, -0.2) is 17.8 Å². The molecule has 2 N–H and O–H groups in total. The first-order valence-corrected chi connectivity index (χ1v) is 11.5. The summed E-state index contributed by atoms with van der Waals surface area (Å²) in [7, 11) is -3.78. The smallest absolute Gasteiger partial charge is 0.257 e. The number of carbonyl (C=O) groups excluding carboxylic acids is 1. The van der Waals surface area contributed by atoms with Crippen LogP contribution in [-0.4, -0.2) is 29.6 Å².